The highest BCUT2D eigenvalue weighted by Crippen LogP contribution is 2.32. The van der Waals surface area contributed by atoms with Crippen LogP contribution < -0.4 is 15.4 Å². The second kappa shape index (κ2) is 12.3. The lowest BCUT2D eigenvalue weighted by atomic mass is 9.97. The van der Waals surface area contributed by atoms with Crippen molar-refractivity contribution in [2.24, 2.45) is 0 Å². The van der Waals surface area contributed by atoms with E-state index < -0.39 is 55.1 Å². The van der Waals surface area contributed by atoms with Gasteiger partial charge in [-0.2, -0.15) is 0 Å². The molecule has 1 aliphatic rings. The molecule has 4 rings (SSSR count). The quantitative estimate of drug-likeness (QED) is 0.247. The first-order chi connectivity index (χ1) is 19.2. The number of esters is 2. The maximum absolute atomic E-state index is 12.5. The Labute approximate surface area is 228 Å². The topological polar surface area (TPSA) is 186 Å². The number of benzene rings is 2. The van der Waals surface area contributed by atoms with Crippen LogP contribution in [0.2, 0.25) is 0 Å². The van der Waals surface area contributed by atoms with Crippen LogP contribution in [0.1, 0.15) is 27.6 Å². The summed E-state index contributed by atoms with van der Waals surface area (Å²) >= 11 is 0. The molecule has 40 heavy (non-hydrogen) atoms. The van der Waals surface area contributed by atoms with Crippen molar-refractivity contribution in [2.45, 2.75) is 37.6 Å². The van der Waals surface area contributed by atoms with Gasteiger partial charge in [-0.1, -0.05) is 0 Å². The predicted octanol–water partition coefficient (Wildman–Crippen LogP) is 0.874. The number of aliphatic hydroxyl groups is 3. The highest BCUT2D eigenvalue weighted by atomic mass is 16.7. The van der Waals surface area contributed by atoms with E-state index in [1.54, 1.807) is 42.5 Å². The Morgan fingerprint density at radius 2 is 1.70 bits per heavy atom. The fourth-order valence-electron chi connectivity index (χ4n) is 4.30. The SMILES string of the molecule is COC(=O)c1ccc2ncc(C(=O)OC)c(Nc3ccc(O[C@@H]4O[C@H](CO)[C@H](O)[C@@H](O)[C@@H]4NC(C)=O)cc3)c2c1. The van der Waals surface area contributed by atoms with Crippen LogP contribution in [0, 0.1) is 0 Å². The third-order valence-electron chi connectivity index (χ3n) is 6.32. The zero-order valence-corrected chi connectivity index (χ0v) is 21.9. The van der Waals surface area contributed by atoms with Crippen LogP contribution in [0.3, 0.4) is 0 Å². The number of hydrogen-bond acceptors (Lipinski definition) is 12. The van der Waals surface area contributed by atoms with Gasteiger partial charge in [0.25, 0.3) is 0 Å². The minimum absolute atomic E-state index is 0.133. The summed E-state index contributed by atoms with van der Waals surface area (Å²) in [5.74, 6) is -1.39. The molecule has 13 heteroatoms. The van der Waals surface area contributed by atoms with Gasteiger partial charge in [-0.05, 0) is 42.5 Å². The number of fused-ring (bicyclic) bond motifs is 1. The number of carbonyl (C=O) groups excluding carboxylic acids is 3. The Bertz CT molecular complexity index is 1390. The van der Waals surface area contributed by atoms with Crippen molar-refractivity contribution in [3.63, 3.8) is 0 Å². The second-order valence-electron chi connectivity index (χ2n) is 8.96. The number of amides is 1. The van der Waals surface area contributed by atoms with Crippen molar-refractivity contribution in [1.82, 2.24) is 10.3 Å². The molecule has 1 saturated heterocycles. The highest BCUT2D eigenvalue weighted by molar-refractivity contribution is 6.07. The molecule has 1 aromatic heterocycles. The van der Waals surface area contributed by atoms with Crippen molar-refractivity contribution >= 4 is 40.1 Å². The number of aromatic nitrogens is 1. The van der Waals surface area contributed by atoms with E-state index in [4.69, 9.17) is 18.9 Å². The zero-order valence-electron chi connectivity index (χ0n) is 21.9. The molecule has 2 aromatic carbocycles. The summed E-state index contributed by atoms with van der Waals surface area (Å²) in [6, 6.07) is 10.1. The number of carbonyl (C=O) groups is 3. The van der Waals surface area contributed by atoms with Crippen LogP contribution in [0.5, 0.6) is 5.75 Å². The van der Waals surface area contributed by atoms with Gasteiger partial charge in [0, 0.05) is 24.2 Å². The molecule has 0 radical (unpaired) electrons. The van der Waals surface area contributed by atoms with Gasteiger partial charge >= 0.3 is 11.9 Å². The number of aliphatic hydroxyl groups excluding tert-OH is 3. The Morgan fingerprint density at radius 1 is 1.00 bits per heavy atom. The van der Waals surface area contributed by atoms with Crippen molar-refractivity contribution in [3.05, 3.63) is 59.8 Å². The average Bonchev–Trinajstić information content (AvgIpc) is 2.96. The van der Waals surface area contributed by atoms with Crippen LogP contribution in [0.15, 0.2) is 48.7 Å². The summed E-state index contributed by atoms with van der Waals surface area (Å²) in [6.45, 7) is 0.669. The van der Waals surface area contributed by atoms with Crippen molar-refractivity contribution in [2.75, 3.05) is 26.1 Å². The third-order valence-corrected chi connectivity index (χ3v) is 6.32. The molecule has 5 atom stereocenters. The number of ether oxygens (including phenoxy) is 4. The third kappa shape index (κ3) is 5.97. The molecular formula is C27H29N3O10. The lowest BCUT2D eigenvalue weighted by Gasteiger charge is -2.42. The van der Waals surface area contributed by atoms with E-state index in [0.717, 1.165) is 0 Å². The van der Waals surface area contributed by atoms with E-state index >= 15 is 0 Å². The first-order valence-electron chi connectivity index (χ1n) is 12.2. The lowest BCUT2D eigenvalue weighted by Crippen LogP contribution is -2.65. The van der Waals surface area contributed by atoms with Gasteiger partial charge < -0.3 is 44.9 Å². The van der Waals surface area contributed by atoms with Gasteiger partial charge in [-0.3, -0.25) is 9.78 Å². The van der Waals surface area contributed by atoms with E-state index in [0.29, 0.717) is 22.3 Å². The lowest BCUT2D eigenvalue weighted by molar-refractivity contribution is -0.244. The number of nitrogens with one attached hydrogen (secondary N) is 2. The summed E-state index contributed by atoms with van der Waals surface area (Å²) in [7, 11) is 2.51. The molecule has 0 aliphatic carbocycles. The molecule has 1 aliphatic heterocycles. The fraction of sp³-hybridized carbons (Fsp3) is 0.333. The monoisotopic (exact) mass is 555 g/mol. The maximum atomic E-state index is 12.5. The molecule has 13 nitrogen and oxygen atoms in total. The Balaban J connectivity index is 1.63. The molecule has 0 unspecified atom stereocenters. The minimum Gasteiger partial charge on any atom is -0.465 e. The van der Waals surface area contributed by atoms with Gasteiger partial charge in [0.1, 0.15) is 35.7 Å². The number of hydrogen-bond donors (Lipinski definition) is 5. The molecule has 0 saturated carbocycles. The van der Waals surface area contributed by atoms with Crippen LogP contribution in [-0.2, 0) is 19.0 Å². The first-order valence-corrected chi connectivity index (χ1v) is 12.2. The summed E-state index contributed by atoms with van der Waals surface area (Å²) in [5, 5.41) is 36.3. The summed E-state index contributed by atoms with van der Waals surface area (Å²) in [6.07, 6.45) is -3.87. The summed E-state index contributed by atoms with van der Waals surface area (Å²) in [4.78, 5) is 40.6. The largest absolute Gasteiger partial charge is 0.465 e. The molecule has 1 fully saturated rings. The minimum atomic E-state index is -1.45. The number of anilines is 2. The Morgan fingerprint density at radius 3 is 2.33 bits per heavy atom. The average molecular weight is 556 g/mol. The standard InChI is InChI=1S/C27H29N3O10/c1-13(32)29-22-24(34)23(33)20(12-31)40-27(22)39-16-7-5-15(6-8-16)30-21-17-10-14(25(35)37-2)4-9-19(17)28-11-18(21)26(36)38-3/h4-11,20,22-24,27,31,33-34H,12H2,1-3H3,(H,28,30)(H,29,32)/t20-,22+,23+,24+,27-/m1/s1. The molecule has 1 amide bonds. The molecule has 3 aromatic rings. The number of rotatable bonds is 8. The molecule has 0 bridgehead atoms. The van der Waals surface area contributed by atoms with Gasteiger partial charge in [0.2, 0.25) is 12.2 Å². The van der Waals surface area contributed by atoms with Crippen molar-refractivity contribution in [1.29, 1.82) is 0 Å². The fourth-order valence-corrected chi connectivity index (χ4v) is 4.30. The van der Waals surface area contributed by atoms with E-state index in [1.165, 1.54) is 27.3 Å². The Kier molecular flexibility index (Phi) is 8.80. The normalized spacial score (nSPS) is 22.3. The van der Waals surface area contributed by atoms with Crippen LogP contribution in [-0.4, -0.2) is 89.6 Å². The number of pyridine rings is 1. The molecule has 2 heterocycles. The van der Waals surface area contributed by atoms with E-state index in [2.05, 4.69) is 15.6 Å². The van der Waals surface area contributed by atoms with Gasteiger partial charge in [0.05, 0.1) is 37.6 Å². The number of nitrogens with zero attached hydrogens (tertiary/aromatic N) is 1. The van der Waals surface area contributed by atoms with E-state index in [1.807, 2.05) is 0 Å². The summed E-state index contributed by atoms with van der Waals surface area (Å²) in [5.41, 5.74) is 1.79. The second-order valence-corrected chi connectivity index (χ2v) is 8.96. The summed E-state index contributed by atoms with van der Waals surface area (Å²) < 4.78 is 21.2. The maximum Gasteiger partial charge on any atom is 0.341 e. The van der Waals surface area contributed by atoms with Gasteiger partial charge in [-0.25, -0.2) is 9.59 Å². The number of methoxy groups -OCH3 is 2. The predicted molar refractivity (Wildman–Crippen MR) is 140 cm³/mol. The van der Waals surface area contributed by atoms with Gasteiger partial charge in [0.15, 0.2) is 0 Å². The molecular weight excluding hydrogens is 526 g/mol. The van der Waals surface area contributed by atoms with Crippen LogP contribution in [0.25, 0.3) is 10.9 Å². The smallest absolute Gasteiger partial charge is 0.341 e. The molecule has 5 N–H and O–H groups in total. The van der Waals surface area contributed by atoms with E-state index in [9.17, 15) is 29.7 Å². The van der Waals surface area contributed by atoms with Gasteiger partial charge in [-0.15, -0.1) is 0 Å². The van der Waals surface area contributed by atoms with E-state index in [-0.39, 0.29) is 16.9 Å². The van der Waals surface area contributed by atoms with Crippen molar-refractivity contribution < 1.29 is 48.7 Å². The van der Waals surface area contributed by atoms with Crippen LogP contribution >= 0.6 is 0 Å². The van der Waals surface area contributed by atoms with Crippen molar-refractivity contribution in [3.8, 4) is 5.75 Å². The first kappa shape index (κ1) is 28.7. The Hall–Kier alpha value is -4.30. The van der Waals surface area contributed by atoms with Crippen LogP contribution in [0.4, 0.5) is 11.4 Å². The zero-order chi connectivity index (χ0) is 29.0. The molecule has 0 spiro atoms. The molecule has 212 valence electrons. The highest BCUT2D eigenvalue weighted by Gasteiger charge is 2.46.